The predicted molar refractivity (Wildman–Crippen MR) is 100 cm³/mol. The van der Waals surface area contributed by atoms with Crippen LogP contribution >= 0.6 is 43.6 Å². The van der Waals surface area contributed by atoms with Gasteiger partial charge in [0.05, 0.1) is 12.0 Å². The highest BCUT2D eigenvalue weighted by molar-refractivity contribution is 9.10. The van der Waals surface area contributed by atoms with E-state index in [1.54, 1.807) is 18.0 Å². The Kier molecular flexibility index (Phi) is 7.15. The summed E-state index contributed by atoms with van der Waals surface area (Å²) in [5.74, 6) is 1.07. The van der Waals surface area contributed by atoms with Crippen molar-refractivity contribution < 1.29 is 4.79 Å². The molecular weight excluding hydrogens is 428 g/mol. The van der Waals surface area contributed by atoms with Crippen LogP contribution in [0.2, 0.25) is 0 Å². The molecule has 0 spiro atoms. The van der Waals surface area contributed by atoms with Crippen LogP contribution in [-0.4, -0.2) is 17.9 Å². The SMILES string of the molecule is O=C(CSCc1cccc(Br)c1)N/N=C\c1ccc(Br)cc1. The van der Waals surface area contributed by atoms with E-state index in [9.17, 15) is 4.79 Å². The molecular formula is C16H14Br2N2OS. The standard InChI is InChI=1S/C16H14Br2N2OS/c17-14-6-4-12(5-7-14)9-19-20-16(21)11-22-10-13-2-1-3-15(18)8-13/h1-9H,10-11H2,(H,20,21)/b19-9-. The van der Waals surface area contributed by atoms with E-state index >= 15 is 0 Å². The van der Waals surface area contributed by atoms with E-state index < -0.39 is 0 Å². The third kappa shape index (κ3) is 6.34. The lowest BCUT2D eigenvalue weighted by Gasteiger charge is -2.02. The van der Waals surface area contributed by atoms with E-state index in [-0.39, 0.29) is 5.91 Å². The second-order valence-electron chi connectivity index (χ2n) is 4.47. The van der Waals surface area contributed by atoms with E-state index in [1.807, 2.05) is 42.5 Å². The Balaban J connectivity index is 1.70. The summed E-state index contributed by atoms with van der Waals surface area (Å²) in [7, 11) is 0. The Hall–Kier alpha value is -1.11. The molecule has 0 aliphatic carbocycles. The number of nitrogens with one attached hydrogen (secondary N) is 1. The number of nitrogens with zero attached hydrogens (tertiary/aromatic N) is 1. The minimum atomic E-state index is -0.103. The summed E-state index contributed by atoms with van der Waals surface area (Å²) in [5.41, 5.74) is 4.65. The molecule has 0 radical (unpaired) electrons. The van der Waals surface area contributed by atoms with Crippen molar-refractivity contribution in [1.29, 1.82) is 0 Å². The Bertz CT molecular complexity index is 659. The molecule has 0 heterocycles. The van der Waals surface area contributed by atoms with Crippen molar-refractivity contribution in [3.63, 3.8) is 0 Å². The molecule has 0 saturated carbocycles. The number of hydrazone groups is 1. The van der Waals surface area contributed by atoms with Crippen molar-refractivity contribution in [2.75, 3.05) is 5.75 Å². The fourth-order valence-electron chi connectivity index (χ4n) is 1.65. The summed E-state index contributed by atoms with van der Waals surface area (Å²) < 4.78 is 2.06. The van der Waals surface area contributed by atoms with Crippen LogP contribution in [0.25, 0.3) is 0 Å². The number of carbonyl (C=O) groups excluding carboxylic acids is 1. The van der Waals surface area contributed by atoms with E-state index in [0.717, 1.165) is 20.3 Å². The van der Waals surface area contributed by atoms with Crippen LogP contribution in [0.3, 0.4) is 0 Å². The minimum absolute atomic E-state index is 0.103. The van der Waals surface area contributed by atoms with Gasteiger partial charge in [-0.25, -0.2) is 5.43 Å². The van der Waals surface area contributed by atoms with Crippen LogP contribution in [0, 0.1) is 0 Å². The molecule has 114 valence electrons. The van der Waals surface area contributed by atoms with Crippen LogP contribution < -0.4 is 5.43 Å². The Labute approximate surface area is 150 Å². The summed E-state index contributed by atoms with van der Waals surface area (Å²) in [4.78, 5) is 11.7. The van der Waals surface area contributed by atoms with Crippen LogP contribution in [0.5, 0.6) is 0 Å². The maximum absolute atomic E-state index is 11.7. The van der Waals surface area contributed by atoms with Crippen LogP contribution in [0.1, 0.15) is 11.1 Å². The average Bonchev–Trinajstić information content (AvgIpc) is 2.49. The molecule has 0 fully saturated rings. The molecule has 2 rings (SSSR count). The highest BCUT2D eigenvalue weighted by Crippen LogP contribution is 2.16. The molecule has 3 nitrogen and oxygen atoms in total. The van der Waals surface area contributed by atoms with Crippen molar-refractivity contribution in [3.05, 3.63) is 68.6 Å². The average molecular weight is 442 g/mol. The van der Waals surface area contributed by atoms with Gasteiger partial charge in [0.25, 0.3) is 0 Å². The molecule has 1 amide bonds. The molecule has 2 aromatic carbocycles. The third-order valence-electron chi connectivity index (χ3n) is 2.66. The van der Waals surface area contributed by atoms with Crippen LogP contribution in [0.15, 0.2) is 62.6 Å². The van der Waals surface area contributed by atoms with Gasteiger partial charge in [0.2, 0.25) is 5.91 Å². The zero-order valence-electron chi connectivity index (χ0n) is 11.6. The summed E-state index contributed by atoms with van der Waals surface area (Å²) >= 11 is 8.36. The highest BCUT2D eigenvalue weighted by atomic mass is 79.9. The number of halogens is 2. The number of hydrogen-bond acceptors (Lipinski definition) is 3. The van der Waals surface area contributed by atoms with Gasteiger partial charge in [-0.2, -0.15) is 5.10 Å². The summed E-state index contributed by atoms with van der Waals surface area (Å²) in [6, 6.07) is 15.8. The first-order chi connectivity index (χ1) is 10.6. The quantitative estimate of drug-likeness (QED) is 0.525. The monoisotopic (exact) mass is 440 g/mol. The fraction of sp³-hybridized carbons (Fsp3) is 0.125. The lowest BCUT2D eigenvalue weighted by atomic mass is 10.2. The minimum Gasteiger partial charge on any atom is -0.272 e. The van der Waals surface area contributed by atoms with Crippen LogP contribution in [0.4, 0.5) is 0 Å². The number of hydrogen-bond donors (Lipinski definition) is 1. The summed E-state index contributed by atoms with van der Waals surface area (Å²) in [6.45, 7) is 0. The molecule has 2 aromatic rings. The van der Waals surface area contributed by atoms with E-state index in [1.165, 1.54) is 5.56 Å². The van der Waals surface area contributed by atoms with Gasteiger partial charge in [-0.15, -0.1) is 11.8 Å². The lowest BCUT2D eigenvalue weighted by molar-refractivity contribution is -0.118. The van der Waals surface area contributed by atoms with Gasteiger partial charge in [0.1, 0.15) is 0 Å². The Morgan fingerprint density at radius 2 is 1.91 bits per heavy atom. The first-order valence-corrected chi connectivity index (χ1v) is 9.27. The van der Waals surface area contributed by atoms with Gasteiger partial charge in [-0.3, -0.25) is 4.79 Å². The normalized spacial score (nSPS) is 10.8. The number of carbonyl (C=O) groups is 1. The summed E-state index contributed by atoms with van der Waals surface area (Å²) in [5, 5.41) is 3.95. The van der Waals surface area contributed by atoms with E-state index in [2.05, 4.69) is 48.5 Å². The largest absolute Gasteiger partial charge is 0.272 e. The predicted octanol–water partition coefficient (Wildman–Crippen LogP) is 4.60. The molecule has 0 aromatic heterocycles. The maximum atomic E-state index is 11.7. The third-order valence-corrected chi connectivity index (χ3v) is 4.69. The molecule has 0 aliphatic heterocycles. The van der Waals surface area contributed by atoms with Crippen molar-refractivity contribution >= 4 is 55.7 Å². The molecule has 0 bridgehead atoms. The molecule has 0 saturated heterocycles. The number of amides is 1. The second kappa shape index (κ2) is 9.12. The molecule has 0 unspecified atom stereocenters. The number of thioether (sulfide) groups is 1. The molecule has 1 N–H and O–H groups in total. The first-order valence-electron chi connectivity index (χ1n) is 6.53. The highest BCUT2D eigenvalue weighted by Gasteiger charge is 2.01. The van der Waals surface area contributed by atoms with Gasteiger partial charge in [-0.05, 0) is 35.4 Å². The molecule has 0 aliphatic rings. The first kappa shape index (κ1) is 17.2. The van der Waals surface area contributed by atoms with E-state index in [4.69, 9.17) is 0 Å². The Morgan fingerprint density at radius 3 is 2.64 bits per heavy atom. The van der Waals surface area contributed by atoms with Crippen molar-refractivity contribution in [2.45, 2.75) is 5.75 Å². The van der Waals surface area contributed by atoms with Gasteiger partial charge in [0.15, 0.2) is 0 Å². The second-order valence-corrected chi connectivity index (χ2v) is 7.28. The smallest absolute Gasteiger partial charge is 0.250 e. The topological polar surface area (TPSA) is 41.5 Å². The zero-order valence-corrected chi connectivity index (χ0v) is 15.6. The molecule has 6 heteroatoms. The van der Waals surface area contributed by atoms with E-state index in [0.29, 0.717) is 5.75 Å². The lowest BCUT2D eigenvalue weighted by Crippen LogP contribution is -2.19. The van der Waals surface area contributed by atoms with Crippen molar-refractivity contribution in [3.8, 4) is 0 Å². The van der Waals surface area contributed by atoms with Crippen LogP contribution in [-0.2, 0) is 10.5 Å². The fourth-order valence-corrected chi connectivity index (χ4v) is 3.13. The van der Waals surface area contributed by atoms with Crippen molar-refractivity contribution in [2.24, 2.45) is 5.10 Å². The summed E-state index contributed by atoms with van der Waals surface area (Å²) in [6.07, 6.45) is 1.63. The van der Waals surface area contributed by atoms with Gasteiger partial charge >= 0.3 is 0 Å². The Morgan fingerprint density at radius 1 is 1.14 bits per heavy atom. The van der Waals surface area contributed by atoms with Gasteiger partial charge < -0.3 is 0 Å². The molecule has 0 atom stereocenters. The van der Waals surface area contributed by atoms with Gasteiger partial charge in [0, 0.05) is 14.7 Å². The number of benzene rings is 2. The maximum Gasteiger partial charge on any atom is 0.250 e. The van der Waals surface area contributed by atoms with Crippen molar-refractivity contribution in [1.82, 2.24) is 5.43 Å². The molecule has 22 heavy (non-hydrogen) atoms. The van der Waals surface area contributed by atoms with Gasteiger partial charge in [-0.1, -0.05) is 56.1 Å². The zero-order chi connectivity index (χ0) is 15.8. The number of rotatable bonds is 6.